The fraction of sp³-hybridized carbons (Fsp3) is 0.0536. The molecule has 282 valence electrons. The molecule has 0 unspecified atom stereocenters. The van der Waals surface area contributed by atoms with Gasteiger partial charge in [-0.1, -0.05) is 166 Å². The van der Waals surface area contributed by atoms with Gasteiger partial charge < -0.3 is 4.42 Å². The van der Waals surface area contributed by atoms with E-state index in [4.69, 9.17) is 19.4 Å². The summed E-state index contributed by atoms with van der Waals surface area (Å²) in [5, 5.41) is 5.63. The predicted octanol–water partition coefficient (Wildman–Crippen LogP) is 14.7. The Morgan fingerprint density at radius 2 is 1.07 bits per heavy atom. The van der Waals surface area contributed by atoms with E-state index in [0.717, 1.165) is 72.2 Å². The molecule has 4 heteroatoms. The number of benzene rings is 8. The van der Waals surface area contributed by atoms with Crippen LogP contribution in [0, 0.1) is 0 Å². The number of aromatic nitrogens is 3. The SMILES string of the molecule is CC1(C)c2ccccc2-c2ccc(-c3cc(-c4cc(-c5ccccc5)nc(-c5ccc(-c6nc7ccccc7c7c6oc6ccccc67)cc5)n4)cc4ccccc34)cc21. The highest BCUT2D eigenvalue weighted by Gasteiger charge is 2.35. The standard InChI is InChI=1S/C56H37N3O/c1-56(2)46-21-11-8-18-41(46)42-29-28-38(32-47(42)56)45-31-39(30-37-16-6-7-17-40(37)45)50-33-49(34-14-4-3-5-15-34)58-55(59-50)36-26-24-35(25-27-36)53-54-52(43-19-9-12-22-48(43)57-53)44-20-10-13-23-51(44)60-54/h3-33H,1-2H3. The average molecular weight is 768 g/mol. The van der Waals surface area contributed by atoms with Gasteiger partial charge in [0.15, 0.2) is 11.4 Å². The van der Waals surface area contributed by atoms with Gasteiger partial charge in [-0.3, -0.25) is 0 Å². The van der Waals surface area contributed by atoms with Gasteiger partial charge in [-0.15, -0.1) is 0 Å². The van der Waals surface area contributed by atoms with E-state index in [9.17, 15) is 0 Å². The van der Waals surface area contributed by atoms with Crippen LogP contribution in [0.2, 0.25) is 0 Å². The maximum absolute atomic E-state index is 6.52. The van der Waals surface area contributed by atoms with Crippen molar-refractivity contribution in [2.24, 2.45) is 0 Å². The van der Waals surface area contributed by atoms with E-state index in [1.807, 2.05) is 24.3 Å². The summed E-state index contributed by atoms with van der Waals surface area (Å²) in [6.45, 7) is 4.68. The van der Waals surface area contributed by atoms with Crippen molar-refractivity contribution in [1.29, 1.82) is 0 Å². The molecule has 3 aromatic heterocycles. The summed E-state index contributed by atoms with van der Waals surface area (Å²) in [6, 6.07) is 66.5. The second kappa shape index (κ2) is 13.2. The zero-order valence-electron chi connectivity index (χ0n) is 33.1. The zero-order valence-corrected chi connectivity index (χ0v) is 33.1. The lowest BCUT2D eigenvalue weighted by Gasteiger charge is -2.22. The first-order chi connectivity index (χ1) is 29.5. The maximum Gasteiger partial charge on any atom is 0.162 e. The molecule has 12 rings (SSSR count). The summed E-state index contributed by atoms with van der Waals surface area (Å²) in [6.07, 6.45) is 0. The van der Waals surface area contributed by atoms with Crippen LogP contribution in [0.5, 0.6) is 0 Å². The van der Waals surface area contributed by atoms with E-state index in [-0.39, 0.29) is 5.41 Å². The maximum atomic E-state index is 6.52. The zero-order chi connectivity index (χ0) is 40.0. The summed E-state index contributed by atoms with van der Waals surface area (Å²) >= 11 is 0. The van der Waals surface area contributed by atoms with Crippen LogP contribution in [0.25, 0.3) is 111 Å². The molecule has 0 atom stereocenters. The third kappa shape index (κ3) is 5.34. The number of fused-ring (bicyclic) bond motifs is 9. The van der Waals surface area contributed by atoms with Crippen LogP contribution in [0.1, 0.15) is 25.0 Å². The Kier molecular flexibility index (Phi) is 7.54. The Morgan fingerprint density at radius 3 is 1.92 bits per heavy atom. The summed E-state index contributed by atoms with van der Waals surface area (Å²) in [4.78, 5) is 15.7. The monoisotopic (exact) mass is 767 g/mol. The molecule has 0 aliphatic heterocycles. The van der Waals surface area contributed by atoms with Crippen molar-refractivity contribution in [3.8, 4) is 67.4 Å². The molecule has 0 amide bonds. The Labute approximate surface area is 347 Å². The van der Waals surface area contributed by atoms with Crippen LogP contribution in [0.15, 0.2) is 192 Å². The van der Waals surface area contributed by atoms with E-state index in [1.165, 1.54) is 44.2 Å². The summed E-state index contributed by atoms with van der Waals surface area (Å²) in [7, 11) is 0. The van der Waals surface area contributed by atoms with Gasteiger partial charge in [-0.05, 0) is 80.6 Å². The largest absolute Gasteiger partial charge is 0.454 e. The van der Waals surface area contributed by atoms with E-state index < -0.39 is 0 Å². The molecule has 0 spiro atoms. The second-order valence-corrected chi connectivity index (χ2v) is 16.4. The average Bonchev–Trinajstić information content (AvgIpc) is 3.81. The number of hydrogen-bond acceptors (Lipinski definition) is 4. The Hall–Kier alpha value is -7.69. The van der Waals surface area contributed by atoms with Crippen LogP contribution in [-0.2, 0) is 5.41 Å². The molecule has 0 saturated carbocycles. The van der Waals surface area contributed by atoms with Gasteiger partial charge in [-0.25, -0.2) is 15.0 Å². The molecule has 3 heterocycles. The summed E-state index contributed by atoms with van der Waals surface area (Å²) < 4.78 is 6.52. The van der Waals surface area contributed by atoms with Gasteiger partial charge >= 0.3 is 0 Å². The molecular weight excluding hydrogens is 731 g/mol. The van der Waals surface area contributed by atoms with Crippen LogP contribution in [0.3, 0.4) is 0 Å². The van der Waals surface area contributed by atoms with Gasteiger partial charge in [0.2, 0.25) is 0 Å². The lowest BCUT2D eigenvalue weighted by Crippen LogP contribution is -2.14. The molecule has 1 aliphatic rings. The van der Waals surface area contributed by atoms with Crippen LogP contribution in [-0.4, -0.2) is 15.0 Å². The second-order valence-electron chi connectivity index (χ2n) is 16.4. The molecule has 60 heavy (non-hydrogen) atoms. The highest BCUT2D eigenvalue weighted by Crippen LogP contribution is 2.50. The van der Waals surface area contributed by atoms with Crippen molar-refractivity contribution in [3.63, 3.8) is 0 Å². The molecule has 0 saturated heterocycles. The third-order valence-electron chi connectivity index (χ3n) is 12.5. The van der Waals surface area contributed by atoms with E-state index >= 15 is 0 Å². The highest BCUT2D eigenvalue weighted by atomic mass is 16.3. The topological polar surface area (TPSA) is 51.8 Å². The highest BCUT2D eigenvalue weighted by molar-refractivity contribution is 6.20. The fourth-order valence-electron chi connectivity index (χ4n) is 9.46. The van der Waals surface area contributed by atoms with Crippen LogP contribution < -0.4 is 0 Å². The number of para-hydroxylation sites is 2. The number of nitrogens with zero attached hydrogens (tertiary/aromatic N) is 3. The number of furan rings is 1. The van der Waals surface area contributed by atoms with Crippen molar-refractivity contribution in [1.82, 2.24) is 15.0 Å². The number of rotatable bonds is 5. The normalized spacial score (nSPS) is 13.0. The predicted molar refractivity (Wildman–Crippen MR) is 247 cm³/mol. The van der Waals surface area contributed by atoms with Crippen molar-refractivity contribution in [3.05, 3.63) is 199 Å². The molecular formula is C56H37N3O. The third-order valence-corrected chi connectivity index (χ3v) is 12.5. The Bertz CT molecular complexity index is 3510. The quantitative estimate of drug-likeness (QED) is 0.175. The molecule has 1 aliphatic carbocycles. The molecule has 0 radical (unpaired) electrons. The van der Waals surface area contributed by atoms with Crippen LogP contribution >= 0.6 is 0 Å². The molecule has 11 aromatic rings. The first-order valence-corrected chi connectivity index (χ1v) is 20.5. The van der Waals surface area contributed by atoms with Gasteiger partial charge in [0.25, 0.3) is 0 Å². The van der Waals surface area contributed by atoms with Crippen molar-refractivity contribution < 1.29 is 4.42 Å². The first-order valence-electron chi connectivity index (χ1n) is 20.5. The van der Waals surface area contributed by atoms with E-state index in [0.29, 0.717) is 5.82 Å². The lowest BCUT2D eigenvalue weighted by atomic mass is 9.81. The Balaban J connectivity index is 1.00. The minimum atomic E-state index is -0.0977. The molecule has 8 aromatic carbocycles. The van der Waals surface area contributed by atoms with Crippen molar-refractivity contribution in [2.45, 2.75) is 19.3 Å². The summed E-state index contributed by atoms with van der Waals surface area (Å²) in [5.41, 5.74) is 16.7. The lowest BCUT2D eigenvalue weighted by molar-refractivity contribution is 0.660. The molecule has 0 fully saturated rings. The van der Waals surface area contributed by atoms with Crippen molar-refractivity contribution in [2.75, 3.05) is 0 Å². The van der Waals surface area contributed by atoms with Crippen molar-refractivity contribution >= 4 is 43.6 Å². The van der Waals surface area contributed by atoms with E-state index in [2.05, 4.69) is 178 Å². The molecule has 4 nitrogen and oxygen atoms in total. The number of hydrogen-bond donors (Lipinski definition) is 0. The molecule has 0 bridgehead atoms. The minimum absolute atomic E-state index is 0.0977. The van der Waals surface area contributed by atoms with Gasteiger partial charge in [0, 0.05) is 43.8 Å². The first kappa shape index (κ1) is 34.4. The Morgan fingerprint density at radius 1 is 0.417 bits per heavy atom. The van der Waals surface area contributed by atoms with Crippen LogP contribution in [0.4, 0.5) is 0 Å². The van der Waals surface area contributed by atoms with Gasteiger partial charge in [0.05, 0.1) is 16.9 Å². The van der Waals surface area contributed by atoms with Gasteiger partial charge in [0.1, 0.15) is 11.3 Å². The number of pyridine rings is 1. The molecule has 0 N–H and O–H groups in total. The smallest absolute Gasteiger partial charge is 0.162 e. The fourth-order valence-corrected chi connectivity index (χ4v) is 9.46. The van der Waals surface area contributed by atoms with Gasteiger partial charge in [-0.2, -0.15) is 0 Å². The van der Waals surface area contributed by atoms with E-state index in [1.54, 1.807) is 0 Å². The summed E-state index contributed by atoms with van der Waals surface area (Å²) in [5.74, 6) is 0.657. The minimum Gasteiger partial charge on any atom is -0.454 e.